The van der Waals surface area contributed by atoms with E-state index in [2.05, 4.69) is 26.6 Å². The Bertz CT molecular complexity index is 801. The summed E-state index contributed by atoms with van der Waals surface area (Å²) in [5.74, 6) is -0.430. The molecule has 2 N–H and O–H groups in total. The first-order chi connectivity index (χ1) is 10.9. The van der Waals surface area contributed by atoms with Crippen LogP contribution in [0.25, 0.3) is 0 Å². The molecule has 0 aliphatic heterocycles. The number of thiocarbonyl (C=S) groups is 1. The summed E-state index contributed by atoms with van der Waals surface area (Å²) in [6, 6.07) is 10.8. The molecule has 0 atom stereocenters. The van der Waals surface area contributed by atoms with Crippen molar-refractivity contribution in [1.29, 1.82) is 0 Å². The predicted molar refractivity (Wildman–Crippen MR) is 95.9 cm³/mol. The normalized spacial score (nSPS) is 10.0. The van der Waals surface area contributed by atoms with Crippen molar-refractivity contribution < 1.29 is 9.72 Å². The lowest BCUT2D eigenvalue weighted by molar-refractivity contribution is -0.383. The number of benzene rings is 2. The number of nitro benzene ring substituents is 1. The highest BCUT2D eigenvalue weighted by Gasteiger charge is 2.16. The number of rotatable bonds is 3. The number of hydrogen-bond donors (Lipinski definition) is 2. The van der Waals surface area contributed by atoms with Crippen LogP contribution in [0.3, 0.4) is 0 Å². The van der Waals surface area contributed by atoms with E-state index in [1.807, 2.05) is 0 Å². The van der Waals surface area contributed by atoms with E-state index in [9.17, 15) is 14.9 Å². The zero-order valence-corrected chi connectivity index (χ0v) is 14.5. The zero-order valence-electron chi connectivity index (χ0n) is 11.4. The summed E-state index contributed by atoms with van der Waals surface area (Å²) in [7, 11) is 0. The van der Waals surface area contributed by atoms with E-state index in [1.54, 1.807) is 24.3 Å². The molecule has 1 amide bonds. The zero-order chi connectivity index (χ0) is 17.0. The van der Waals surface area contributed by atoms with Gasteiger partial charge in [0.15, 0.2) is 5.11 Å². The molecule has 0 aliphatic carbocycles. The molecule has 6 nitrogen and oxygen atoms in total. The lowest BCUT2D eigenvalue weighted by Gasteiger charge is -2.10. The van der Waals surface area contributed by atoms with Crippen molar-refractivity contribution in [2.45, 2.75) is 0 Å². The van der Waals surface area contributed by atoms with Crippen LogP contribution in [0.4, 0.5) is 11.4 Å². The van der Waals surface area contributed by atoms with Gasteiger partial charge in [-0.05, 0) is 42.5 Å². The molecule has 0 unspecified atom stereocenters. The molecule has 0 bridgehead atoms. The molecule has 2 aromatic rings. The molecule has 118 valence electrons. The lowest BCUT2D eigenvalue weighted by atomic mass is 10.2. The van der Waals surface area contributed by atoms with E-state index >= 15 is 0 Å². The second-order valence-corrected chi connectivity index (χ2v) is 6.10. The number of carbonyl (C=O) groups is 1. The first kappa shape index (κ1) is 17.3. The van der Waals surface area contributed by atoms with Crippen LogP contribution < -0.4 is 10.6 Å². The number of nitrogens with one attached hydrogen (secondary N) is 2. The minimum atomic E-state index is -0.590. The molecule has 0 fully saturated rings. The Hall–Kier alpha value is -2.03. The van der Waals surface area contributed by atoms with E-state index in [4.69, 9.17) is 23.8 Å². The second-order valence-electron chi connectivity index (χ2n) is 4.34. The van der Waals surface area contributed by atoms with E-state index in [0.717, 1.165) is 4.47 Å². The molecule has 0 radical (unpaired) electrons. The quantitative estimate of drug-likeness (QED) is 0.448. The van der Waals surface area contributed by atoms with Crippen molar-refractivity contribution in [1.82, 2.24) is 5.32 Å². The molecule has 0 aliphatic rings. The average molecular weight is 415 g/mol. The van der Waals surface area contributed by atoms with Crippen LogP contribution in [-0.4, -0.2) is 15.9 Å². The summed E-state index contributed by atoms with van der Waals surface area (Å²) < 4.78 is 0.748. The van der Waals surface area contributed by atoms with Crippen LogP contribution in [0.5, 0.6) is 0 Å². The molecule has 0 spiro atoms. The van der Waals surface area contributed by atoms with Crippen LogP contribution in [-0.2, 0) is 0 Å². The third kappa shape index (κ3) is 4.72. The molecule has 2 aromatic carbocycles. The Kier molecular flexibility index (Phi) is 5.64. The fourth-order valence-corrected chi connectivity index (χ4v) is 2.49. The topological polar surface area (TPSA) is 84.3 Å². The SMILES string of the molecule is O=C(NC(=S)Nc1ccc(Cl)cc1[N+](=O)[O-])c1cccc(Br)c1. The lowest BCUT2D eigenvalue weighted by Crippen LogP contribution is -2.34. The molecular formula is C14H9BrClN3O3S. The van der Waals surface area contributed by atoms with E-state index in [1.165, 1.54) is 18.2 Å². The maximum absolute atomic E-state index is 12.1. The fourth-order valence-electron chi connectivity index (χ4n) is 1.72. The fraction of sp³-hybridized carbons (Fsp3) is 0. The Balaban J connectivity index is 2.11. The van der Waals surface area contributed by atoms with Crippen LogP contribution in [0.15, 0.2) is 46.9 Å². The van der Waals surface area contributed by atoms with Crippen LogP contribution in [0.2, 0.25) is 5.02 Å². The van der Waals surface area contributed by atoms with Gasteiger partial charge in [-0.1, -0.05) is 33.6 Å². The van der Waals surface area contributed by atoms with Gasteiger partial charge in [-0.3, -0.25) is 20.2 Å². The summed E-state index contributed by atoms with van der Waals surface area (Å²) in [5.41, 5.74) is 0.296. The Morgan fingerprint density at radius 3 is 2.65 bits per heavy atom. The van der Waals surface area contributed by atoms with Gasteiger partial charge in [0.2, 0.25) is 0 Å². The predicted octanol–water partition coefficient (Wildman–Crippen LogP) is 4.14. The van der Waals surface area contributed by atoms with Crippen molar-refractivity contribution in [2.24, 2.45) is 0 Å². The number of anilines is 1. The molecule has 0 saturated heterocycles. The van der Waals surface area contributed by atoms with E-state index in [0.29, 0.717) is 5.56 Å². The van der Waals surface area contributed by atoms with Crippen molar-refractivity contribution in [3.63, 3.8) is 0 Å². The van der Waals surface area contributed by atoms with Crippen molar-refractivity contribution >= 4 is 62.1 Å². The van der Waals surface area contributed by atoms with Gasteiger partial charge in [-0.25, -0.2) is 0 Å². The number of hydrogen-bond acceptors (Lipinski definition) is 4. The number of halogens is 2. The molecule has 2 rings (SSSR count). The highest BCUT2D eigenvalue weighted by atomic mass is 79.9. The third-order valence-corrected chi connectivity index (χ3v) is 3.65. The Morgan fingerprint density at radius 2 is 2.00 bits per heavy atom. The van der Waals surface area contributed by atoms with Gasteiger partial charge in [-0.15, -0.1) is 0 Å². The van der Waals surface area contributed by atoms with E-state index in [-0.39, 0.29) is 21.5 Å². The molecule has 0 saturated carbocycles. The molecule has 9 heteroatoms. The Labute approximate surface area is 150 Å². The highest BCUT2D eigenvalue weighted by Crippen LogP contribution is 2.27. The number of carbonyl (C=O) groups excluding carboxylic acids is 1. The average Bonchev–Trinajstić information content (AvgIpc) is 2.48. The summed E-state index contributed by atoms with van der Waals surface area (Å²) in [4.78, 5) is 22.5. The summed E-state index contributed by atoms with van der Waals surface area (Å²) >= 11 is 14.0. The summed E-state index contributed by atoms with van der Waals surface area (Å²) in [6.45, 7) is 0. The van der Waals surface area contributed by atoms with Crippen molar-refractivity contribution in [3.05, 3.63) is 67.6 Å². The van der Waals surface area contributed by atoms with Gasteiger partial charge in [0, 0.05) is 21.1 Å². The number of nitrogens with zero attached hydrogens (tertiary/aromatic N) is 1. The van der Waals surface area contributed by atoms with Gasteiger partial charge >= 0.3 is 0 Å². The van der Waals surface area contributed by atoms with Gasteiger partial charge < -0.3 is 5.32 Å². The van der Waals surface area contributed by atoms with Crippen molar-refractivity contribution in [2.75, 3.05) is 5.32 Å². The first-order valence-electron chi connectivity index (χ1n) is 6.18. The van der Waals surface area contributed by atoms with Crippen LogP contribution in [0, 0.1) is 10.1 Å². The first-order valence-corrected chi connectivity index (χ1v) is 7.76. The van der Waals surface area contributed by atoms with Gasteiger partial charge in [-0.2, -0.15) is 0 Å². The van der Waals surface area contributed by atoms with Gasteiger partial charge in [0.05, 0.1) is 4.92 Å². The summed E-state index contributed by atoms with van der Waals surface area (Å²) in [5, 5.41) is 16.3. The molecule has 0 aromatic heterocycles. The minimum Gasteiger partial charge on any atom is -0.327 e. The van der Waals surface area contributed by atoms with Crippen LogP contribution in [0.1, 0.15) is 10.4 Å². The number of nitro groups is 1. The largest absolute Gasteiger partial charge is 0.327 e. The molecule has 23 heavy (non-hydrogen) atoms. The maximum atomic E-state index is 12.1. The highest BCUT2D eigenvalue weighted by molar-refractivity contribution is 9.10. The van der Waals surface area contributed by atoms with Crippen LogP contribution >= 0.6 is 39.7 Å². The smallest absolute Gasteiger partial charge is 0.294 e. The maximum Gasteiger partial charge on any atom is 0.294 e. The van der Waals surface area contributed by atoms with E-state index < -0.39 is 10.8 Å². The monoisotopic (exact) mass is 413 g/mol. The second kappa shape index (κ2) is 7.49. The standard InChI is InChI=1S/C14H9BrClN3O3S/c15-9-3-1-2-8(6-9)13(20)18-14(23)17-11-5-4-10(16)7-12(11)19(21)22/h1-7H,(H2,17,18,20,23). The number of amides is 1. The van der Waals surface area contributed by atoms with Crippen molar-refractivity contribution in [3.8, 4) is 0 Å². The van der Waals surface area contributed by atoms with Gasteiger partial charge in [0.1, 0.15) is 5.69 Å². The minimum absolute atomic E-state index is 0.0552. The Morgan fingerprint density at radius 1 is 1.26 bits per heavy atom. The third-order valence-electron chi connectivity index (χ3n) is 2.72. The summed E-state index contributed by atoms with van der Waals surface area (Å²) in [6.07, 6.45) is 0. The molecular weight excluding hydrogens is 406 g/mol. The van der Waals surface area contributed by atoms with Gasteiger partial charge in [0.25, 0.3) is 11.6 Å². The molecule has 0 heterocycles.